The first kappa shape index (κ1) is 14.5. The number of hydrogen-bond acceptors (Lipinski definition) is 3. The summed E-state index contributed by atoms with van der Waals surface area (Å²) in [7, 11) is 2.03. The van der Waals surface area contributed by atoms with E-state index in [1.807, 2.05) is 39.1 Å². The number of nitrogens with one attached hydrogen (secondary N) is 1. The summed E-state index contributed by atoms with van der Waals surface area (Å²) < 4.78 is 0. The molecule has 4 heteroatoms. The summed E-state index contributed by atoms with van der Waals surface area (Å²) in [5.74, 6) is -0.154. The van der Waals surface area contributed by atoms with Crippen LogP contribution in [0.2, 0.25) is 0 Å². The Bertz CT molecular complexity index is 551. The number of amides is 1. The number of aryl methyl sites for hydroxylation is 2. The highest BCUT2D eigenvalue weighted by molar-refractivity contribution is 5.95. The van der Waals surface area contributed by atoms with Crippen LogP contribution in [0.4, 0.5) is 0 Å². The highest BCUT2D eigenvalue weighted by atomic mass is 16.1. The van der Waals surface area contributed by atoms with Crippen LogP contribution in [-0.4, -0.2) is 36.5 Å². The molecule has 1 aliphatic heterocycles. The lowest BCUT2D eigenvalue weighted by molar-refractivity contribution is 0.0882. The van der Waals surface area contributed by atoms with Gasteiger partial charge in [0.1, 0.15) is 5.54 Å². The SMILES string of the molecule is Cc1ccc(C(=O)NC2(C#N)CCN(C)CC2)cc1C. The molecule has 0 radical (unpaired) electrons. The van der Waals surface area contributed by atoms with Gasteiger partial charge in [-0.2, -0.15) is 5.26 Å². The van der Waals surface area contributed by atoms with Crippen LogP contribution in [0.15, 0.2) is 18.2 Å². The highest BCUT2D eigenvalue weighted by Gasteiger charge is 2.35. The van der Waals surface area contributed by atoms with Crippen molar-refractivity contribution >= 4 is 5.91 Å². The van der Waals surface area contributed by atoms with Crippen LogP contribution in [0.25, 0.3) is 0 Å². The van der Waals surface area contributed by atoms with Gasteiger partial charge in [0.25, 0.3) is 5.91 Å². The van der Waals surface area contributed by atoms with Gasteiger partial charge in [-0.25, -0.2) is 0 Å². The molecule has 1 fully saturated rings. The summed E-state index contributed by atoms with van der Waals surface area (Å²) in [6.07, 6.45) is 1.35. The molecule has 2 rings (SSSR count). The molecular weight excluding hydrogens is 250 g/mol. The van der Waals surface area contributed by atoms with E-state index >= 15 is 0 Å². The van der Waals surface area contributed by atoms with Crippen LogP contribution in [0.5, 0.6) is 0 Å². The second kappa shape index (κ2) is 5.64. The van der Waals surface area contributed by atoms with Crippen LogP contribution >= 0.6 is 0 Å². The average molecular weight is 271 g/mol. The highest BCUT2D eigenvalue weighted by Crippen LogP contribution is 2.21. The third-order valence-electron chi connectivity index (χ3n) is 4.18. The maximum atomic E-state index is 12.3. The van der Waals surface area contributed by atoms with Gasteiger partial charge in [0.2, 0.25) is 0 Å². The quantitative estimate of drug-likeness (QED) is 0.895. The Hall–Kier alpha value is -1.86. The maximum Gasteiger partial charge on any atom is 0.252 e. The molecule has 1 aromatic carbocycles. The first-order valence-corrected chi connectivity index (χ1v) is 6.95. The lowest BCUT2D eigenvalue weighted by atomic mass is 9.88. The largest absolute Gasteiger partial charge is 0.334 e. The van der Waals surface area contributed by atoms with Crippen molar-refractivity contribution in [2.75, 3.05) is 20.1 Å². The van der Waals surface area contributed by atoms with Crippen LogP contribution in [-0.2, 0) is 0 Å². The van der Waals surface area contributed by atoms with E-state index in [0.29, 0.717) is 18.4 Å². The van der Waals surface area contributed by atoms with Gasteiger partial charge in [-0.15, -0.1) is 0 Å². The van der Waals surface area contributed by atoms with Crippen molar-refractivity contribution in [2.24, 2.45) is 0 Å². The van der Waals surface area contributed by atoms with Crippen LogP contribution in [0.3, 0.4) is 0 Å². The molecule has 1 saturated heterocycles. The van der Waals surface area contributed by atoms with E-state index in [-0.39, 0.29) is 5.91 Å². The number of rotatable bonds is 2. The minimum atomic E-state index is -0.720. The molecule has 20 heavy (non-hydrogen) atoms. The molecule has 0 atom stereocenters. The smallest absolute Gasteiger partial charge is 0.252 e. The summed E-state index contributed by atoms with van der Waals surface area (Å²) in [5.41, 5.74) is 2.16. The fraction of sp³-hybridized carbons (Fsp3) is 0.500. The van der Waals surface area contributed by atoms with Gasteiger partial charge in [0.15, 0.2) is 0 Å². The molecule has 0 saturated carbocycles. The van der Waals surface area contributed by atoms with Crippen molar-refractivity contribution < 1.29 is 4.79 Å². The molecule has 106 valence electrons. The Balaban J connectivity index is 2.13. The van der Waals surface area contributed by atoms with E-state index in [9.17, 15) is 10.1 Å². The number of carbonyl (C=O) groups is 1. The Labute approximate surface area is 120 Å². The third-order valence-corrected chi connectivity index (χ3v) is 4.18. The molecule has 1 N–H and O–H groups in total. The van der Waals surface area contributed by atoms with Gasteiger partial charge in [-0.1, -0.05) is 6.07 Å². The van der Waals surface area contributed by atoms with E-state index < -0.39 is 5.54 Å². The number of nitrogens with zero attached hydrogens (tertiary/aromatic N) is 2. The predicted molar refractivity (Wildman–Crippen MR) is 78.5 cm³/mol. The van der Waals surface area contributed by atoms with E-state index in [2.05, 4.69) is 16.3 Å². The fourth-order valence-corrected chi connectivity index (χ4v) is 2.44. The Kier molecular flexibility index (Phi) is 4.10. The Morgan fingerprint density at radius 3 is 2.50 bits per heavy atom. The number of nitriles is 1. The van der Waals surface area contributed by atoms with Crippen molar-refractivity contribution in [3.05, 3.63) is 34.9 Å². The van der Waals surface area contributed by atoms with Crippen molar-refractivity contribution in [1.29, 1.82) is 5.26 Å². The fourth-order valence-electron chi connectivity index (χ4n) is 2.44. The van der Waals surface area contributed by atoms with Crippen molar-refractivity contribution in [1.82, 2.24) is 10.2 Å². The van der Waals surface area contributed by atoms with E-state index in [0.717, 1.165) is 24.2 Å². The number of likely N-dealkylation sites (tertiary alicyclic amines) is 1. The number of piperidine rings is 1. The first-order chi connectivity index (χ1) is 9.46. The lowest BCUT2D eigenvalue weighted by Gasteiger charge is -2.36. The average Bonchev–Trinajstić information content (AvgIpc) is 2.44. The molecule has 1 amide bonds. The summed E-state index contributed by atoms with van der Waals surface area (Å²) in [5, 5.41) is 12.4. The van der Waals surface area contributed by atoms with Crippen LogP contribution < -0.4 is 5.32 Å². The molecule has 0 aromatic heterocycles. The van der Waals surface area contributed by atoms with Crippen molar-refractivity contribution in [3.8, 4) is 6.07 Å². The molecule has 0 aliphatic carbocycles. The standard InChI is InChI=1S/C16H21N3O/c1-12-4-5-14(10-13(12)2)15(20)18-16(11-17)6-8-19(3)9-7-16/h4-5,10H,6-9H2,1-3H3,(H,18,20). The zero-order chi connectivity index (χ0) is 14.8. The zero-order valence-corrected chi connectivity index (χ0v) is 12.4. The normalized spacial score (nSPS) is 18.3. The van der Waals surface area contributed by atoms with Gasteiger partial charge in [0, 0.05) is 18.7 Å². The summed E-state index contributed by atoms with van der Waals surface area (Å²) in [6, 6.07) is 7.95. The van der Waals surface area contributed by atoms with E-state index in [4.69, 9.17) is 0 Å². The molecule has 1 aromatic rings. The van der Waals surface area contributed by atoms with Crippen LogP contribution in [0.1, 0.15) is 34.3 Å². The van der Waals surface area contributed by atoms with E-state index in [1.54, 1.807) is 0 Å². The topological polar surface area (TPSA) is 56.1 Å². The Morgan fingerprint density at radius 2 is 1.95 bits per heavy atom. The predicted octanol–water partition coefficient (Wildman–Crippen LogP) is 2.02. The first-order valence-electron chi connectivity index (χ1n) is 6.95. The number of carbonyl (C=O) groups excluding carboxylic acids is 1. The minimum absolute atomic E-state index is 0.154. The summed E-state index contributed by atoms with van der Waals surface area (Å²) in [6.45, 7) is 5.67. The summed E-state index contributed by atoms with van der Waals surface area (Å²) >= 11 is 0. The molecule has 0 unspecified atom stereocenters. The molecule has 0 bridgehead atoms. The van der Waals surface area contributed by atoms with Crippen molar-refractivity contribution in [2.45, 2.75) is 32.2 Å². The van der Waals surface area contributed by atoms with Gasteiger partial charge in [-0.3, -0.25) is 4.79 Å². The molecular formula is C16H21N3O. The van der Waals surface area contributed by atoms with Crippen molar-refractivity contribution in [3.63, 3.8) is 0 Å². The van der Waals surface area contributed by atoms with Gasteiger partial charge in [0.05, 0.1) is 6.07 Å². The number of benzene rings is 1. The summed E-state index contributed by atoms with van der Waals surface area (Å²) in [4.78, 5) is 14.5. The Morgan fingerprint density at radius 1 is 1.30 bits per heavy atom. The third kappa shape index (κ3) is 3.00. The molecule has 0 spiro atoms. The van der Waals surface area contributed by atoms with Gasteiger partial charge >= 0.3 is 0 Å². The molecule has 1 aliphatic rings. The lowest BCUT2D eigenvalue weighted by Crippen LogP contribution is -2.53. The van der Waals surface area contributed by atoms with Crippen LogP contribution in [0, 0.1) is 25.2 Å². The number of hydrogen-bond donors (Lipinski definition) is 1. The minimum Gasteiger partial charge on any atom is -0.334 e. The van der Waals surface area contributed by atoms with Gasteiger partial charge in [-0.05, 0) is 57.0 Å². The monoisotopic (exact) mass is 271 g/mol. The second-order valence-electron chi connectivity index (χ2n) is 5.75. The zero-order valence-electron chi connectivity index (χ0n) is 12.4. The second-order valence-corrected chi connectivity index (χ2v) is 5.75. The van der Waals surface area contributed by atoms with Gasteiger partial charge < -0.3 is 10.2 Å². The molecule has 1 heterocycles. The molecule has 4 nitrogen and oxygen atoms in total. The maximum absolute atomic E-state index is 12.3. The van der Waals surface area contributed by atoms with E-state index in [1.165, 1.54) is 0 Å².